The number of nitrogens with zero attached hydrogens (tertiary/aromatic N) is 1. The normalized spacial score (nSPS) is 34.3. The van der Waals surface area contributed by atoms with Gasteiger partial charge in [-0.25, -0.2) is 9.36 Å². The Balaban J connectivity index is 1.38. The van der Waals surface area contributed by atoms with Gasteiger partial charge in [0.05, 0.1) is 19.1 Å². The number of ether oxygens (including phenoxy) is 2. The molecule has 1 unspecified atom stereocenters. The van der Waals surface area contributed by atoms with Crippen LogP contribution in [-0.2, 0) is 32.4 Å². The van der Waals surface area contributed by atoms with Gasteiger partial charge in [-0.2, -0.15) is 0 Å². The van der Waals surface area contributed by atoms with Crippen LogP contribution < -0.4 is 11.2 Å². The molecule has 0 amide bonds. The Morgan fingerprint density at radius 3 is 2.82 bits per heavy atom. The van der Waals surface area contributed by atoms with Gasteiger partial charge in [-0.05, 0) is 39.0 Å². The van der Waals surface area contributed by atoms with Gasteiger partial charge in [0.1, 0.15) is 23.7 Å². The van der Waals surface area contributed by atoms with E-state index in [0.717, 1.165) is 30.3 Å². The van der Waals surface area contributed by atoms with Crippen LogP contribution in [-0.4, -0.2) is 47.0 Å². The Hall–Kier alpha value is -2.22. The Morgan fingerprint density at radius 2 is 2.15 bits per heavy atom. The number of carbonyl (C=O) groups is 1. The molecule has 0 spiro atoms. The number of esters is 1. The molecule has 186 valence electrons. The van der Waals surface area contributed by atoms with Gasteiger partial charge in [0.2, 0.25) is 0 Å². The molecule has 0 aromatic carbocycles. The third kappa shape index (κ3) is 4.92. The van der Waals surface area contributed by atoms with E-state index in [0.29, 0.717) is 0 Å². The minimum Gasteiger partial charge on any atom is -0.462 e. The monoisotopic (exact) mass is 496 g/mol. The van der Waals surface area contributed by atoms with Crippen LogP contribution in [0.4, 0.5) is 0 Å². The third-order valence-corrected chi connectivity index (χ3v) is 8.04. The molecule has 1 aromatic heterocycles. The van der Waals surface area contributed by atoms with E-state index in [4.69, 9.17) is 29.5 Å². The predicted molar refractivity (Wildman–Crippen MR) is 119 cm³/mol. The lowest BCUT2D eigenvalue weighted by Gasteiger charge is -2.35. The molecule has 12 heteroatoms. The van der Waals surface area contributed by atoms with Gasteiger partial charge in [0.25, 0.3) is 5.56 Å². The summed E-state index contributed by atoms with van der Waals surface area (Å²) in [7, 11) is -4.00. The van der Waals surface area contributed by atoms with Crippen LogP contribution >= 0.6 is 7.82 Å². The summed E-state index contributed by atoms with van der Waals surface area (Å²) in [5, 5.41) is 0. The van der Waals surface area contributed by atoms with Gasteiger partial charge in [-0.1, -0.05) is 12.8 Å². The van der Waals surface area contributed by atoms with Gasteiger partial charge in [0.15, 0.2) is 6.23 Å². The molecule has 1 saturated carbocycles. The van der Waals surface area contributed by atoms with Crippen molar-refractivity contribution in [2.75, 3.05) is 13.2 Å². The zero-order chi connectivity index (χ0) is 24.5. The highest BCUT2D eigenvalue weighted by molar-refractivity contribution is 7.48. The van der Waals surface area contributed by atoms with Crippen molar-refractivity contribution in [1.82, 2.24) is 9.55 Å². The average molecular weight is 496 g/mol. The molecule has 1 aromatic rings. The maximum absolute atomic E-state index is 13.1. The van der Waals surface area contributed by atoms with Crippen molar-refractivity contribution in [1.29, 1.82) is 0 Å². The molecular weight excluding hydrogens is 467 g/mol. The van der Waals surface area contributed by atoms with Crippen LogP contribution in [0.3, 0.4) is 0 Å². The van der Waals surface area contributed by atoms with Crippen LogP contribution in [0.15, 0.2) is 21.9 Å². The minimum atomic E-state index is -4.00. The van der Waals surface area contributed by atoms with E-state index in [1.807, 2.05) is 0 Å². The lowest BCUT2D eigenvalue weighted by molar-refractivity contribution is -0.153. The van der Waals surface area contributed by atoms with Crippen molar-refractivity contribution in [3.63, 3.8) is 0 Å². The Morgan fingerprint density at radius 1 is 1.41 bits per heavy atom. The quantitative estimate of drug-likeness (QED) is 0.342. The van der Waals surface area contributed by atoms with Gasteiger partial charge >= 0.3 is 19.5 Å². The number of H-pyrrole nitrogens is 1. The van der Waals surface area contributed by atoms with Crippen LogP contribution in [0.1, 0.15) is 52.2 Å². The fourth-order valence-corrected chi connectivity index (χ4v) is 5.96. The highest BCUT2D eigenvalue weighted by Gasteiger charge is 2.60. The van der Waals surface area contributed by atoms with E-state index >= 15 is 0 Å². The smallest absolute Gasteiger partial charge is 0.462 e. The number of aromatic nitrogens is 2. The summed E-state index contributed by atoms with van der Waals surface area (Å²) in [4.78, 5) is 38.1. The topological polar surface area (TPSA) is 135 Å². The maximum Gasteiger partial charge on any atom is 0.475 e. The maximum atomic E-state index is 13.1. The summed E-state index contributed by atoms with van der Waals surface area (Å²) in [5.41, 5.74) is -2.47. The van der Waals surface area contributed by atoms with Gasteiger partial charge < -0.3 is 9.47 Å². The number of carbonyl (C=O) groups excluding carboxylic acids is 1. The van der Waals surface area contributed by atoms with E-state index in [9.17, 15) is 18.9 Å². The number of fused-ring (bicyclic) bond motifs is 1. The van der Waals surface area contributed by atoms with E-state index in [1.54, 1.807) is 13.8 Å². The van der Waals surface area contributed by atoms with Crippen LogP contribution in [0.2, 0.25) is 0 Å². The molecule has 6 atom stereocenters. The Labute approximate surface area is 196 Å². The van der Waals surface area contributed by atoms with E-state index < -0.39 is 48.8 Å². The van der Waals surface area contributed by atoms with Crippen molar-refractivity contribution < 1.29 is 32.4 Å². The fraction of sp³-hybridized carbons (Fsp3) is 0.682. The van der Waals surface area contributed by atoms with Crippen molar-refractivity contribution in [2.24, 2.45) is 11.3 Å². The first-order chi connectivity index (χ1) is 16.1. The highest BCUT2D eigenvalue weighted by Crippen LogP contribution is 2.60. The molecule has 1 aliphatic carbocycles. The standard InChI is InChI=1S/C22H29N2O9P/c1-4-22(3)18-16(32-20(22)24-11-9-17(25)23-21(24)27)13-30-34(28,33-18)29-12-10-14(2)19(26)31-15-7-5-6-8-15/h1,9,11,14-16,18,20H,5-8,10,12-13H2,2-3H3,(H,23,25,27)/t14?,16-,18-,20-,22-,34-/m1/s1. The second kappa shape index (κ2) is 9.80. The number of phosphoric acid groups is 1. The second-order valence-corrected chi connectivity index (χ2v) is 10.7. The second-order valence-electron chi connectivity index (χ2n) is 9.11. The molecule has 2 saturated heterocycles. The van der Waals surface area contributed by atoms with Crippen molar-refractivity contribution in [2.45, 2.75) is 70.5 Å². The molecule has 4 rings (SSSR count). The minimum absolute atomic E-state index is 0.0251. The van der Waals surface area contributed by atoms with Crippen molar-refractivity contribution in [3.8, 4) is 12.3 Å². The number of rotatable bonds is 7. The van der Waals surface area contributed by atoms with Crippen LogP contribution in [0.25, 0.3) is 0 Å². The molecule has 3 fully saturated rings. The number of hydrogen-bond donors (Lipinski definition) is 1. The molecule has 11 nitrogen and oxygen atoms in total. The summed E-state index contributed by atoms with van der Waals surface area (Å²) in [6.07, 6.45) is 8.62. The zero-order valence-corrected chi connectivity index (χ0v) is 20.0. The summed E-state index contributed by atoms with van der Waals surface area (Å²) in [5.74, 6) is 1.85. The fourth-order valence-electron chi connectivity index (χ4n) is 4.48. The van der Waals surface area contributed by atoms with Crippen LogP contribution in [0.5, 0.6) is 0 Å². The van der Waals surface area contributed by atoms with Gasteiger partial charge in [-0.15, -0.1) is 6.42 Å². The summed E-state index contributed by atoms with van der Waals surface area (Å²) < 4.78 is 42.2. The molecule has 3 aliphatic rings. The molecule has 0 bridgehead atoms. The number of aromatic amines is 1. The van der Waals surface area contributed by atoms with E-state index in [1.165, 1.54) is 12.3 Å². The summed E-state index contributed by atoms with van der Waals surface area (Å²) in [6.45, 7) is 3.18. The van der Waals surface area contributed by atoms with Crippen LogP contribution in [0, 0.1) is 23.7 Å². The first-order valence-electron chi connectivity index (χ1n) is 11.4. The molecule has 34 heavy (non-hydrogen) atoms. The number of nitrogens with one attached hydrogen (secondary N) is 1. The average Bonchev–Trinajstić information content (AvgIpc) is 3.40. The first-order valence-corrected chi connectivity index (χ1v) is 12.8. The number of phosphoric ester groups is 1. The van der Waals surface area contributed by atoms with Gasteiger partial charge in [0, 0.05) is 12.3 Å². The predicted octanol–water partition coefficient (Wildman–Crippen LogP) is 2.13. The zero-order valence-electron chi connectivity index (χ0n) is 19.1. The highest BCUT2D eigenvalue weighted by atomic mass is 31.2. The van der Waals surface area contributed by atoms with Gasteiger partial charge in [-0.3, -0.25) is 32.7 Å². The Bertz CT molecular complexity index is 1120. The summed E-state index contributed by atoms with van der Waals surface area (Å²) in [6, 6.07) is 1.17. The van der Waals surface area contributed by atoms with E-state index in [-0.39, 0.29) is 31.7 Å². The molecule has 0 radical (unpaired) electrons. The SMILES string of the molecule is C#C[C@]1(C)[C@@H]2O[P@](=O)(OCCC(C)C(=O)OC3CCCC3)OC[C@H]2O[C@H]1n1ccc(=O)[nH]c1=O. The number of hydrogen-bond acceptors (Lipinski definition) is 9. The molecular formula is C22H29N2O9P. The molecule has 2 aliphatic heterocycles. The lowest BCUT2D eigenvalue weighted by Crippen LogP contribution is -2.43. The molecule has 1 N–H and O–H groups in total. The largest absolute Gasteiger partial charge is 0.475 e. The van der Waals surface area contributed by atoms with Crippen molar-refractivity contribution in [3.05, 3.63) is 33.1 Å². The molecule has 3 heterocycles. The summed E-state index contributed by atoms with van der Waals surface area (Å²) >= 11 is 0. The first kappa shape index (κ1) is 24.9. The number of terminal acetylenes is 1. The lowest BCUT2D eigenvalue weighted by atomic mass is 9.83. The van der Waals surface area contributed by atoms with Crippen molar-refractivity contribution >= 4 is 13.8 Å². The Kier molecular flexibility index (Phi) is 7.17. The third-order valence-electron chi connectivity index (χ3n) is 6.59. The van der Waals surface area contributed by atoms with E-state index in [2.05, 4.69) is 10.9 Å².